The Morgan fingerprint density at radius 3 is 2.25 bits per heavy atom. The molecule has 0 bridgehead atoms. The average Bonchev–Trinajstić information content (AvgIpc) is 2.60. The van der Waals surface area contributed by atoms with E-state index in [0.29, 0.717) is 29.2 Å². The predicted molar refractivity (Wildman–Crippen MR) is 90.4 cm³/mol. The Bertz CT molecular complexity index is 752. The summed E-state index contributed by atoms with van der Waals surface area (Å²) in [5, 5.41) is 14.6. The third-order valence-corrected chi connectivity index (χ3v) is 3.25. The smallest absolute Gasteiger partial charge is 0.271 e. The monoisotopic (exact) mass is 327 g/mol. The van der Waals surface area contributed by atoms with Crippen molar-refractivity contribution in [1.29, 1.82) is 0 Å². The van der Waals surface area contributed by atoms with Gasteiger partial charge in [0.05, 0.1) is 17.2 Å². The molecule has 0 aliphatic carbocycles. The molecule has 0 saturated carbocycles. The summed E-state index contributed by atoms with van der Waals surface area (Å²) in [6.45, 7) is 4.15. The lowest BCUT2D eigenvalue weighted by Gasteiger charge is -2.05. The van der Waals surface area contributed by atoms with Crippen molar-refractivity contribution in [2.45, 2.75) is 13.8 Å². The van der Waals surface area contributed by atoms with Crippen LogP contribution in [-0.2, 0) is 0 Å². The minimum absolute atomic E-state index is 0.00461. The molecule has 0 unspecified atom stereocenters. The van der Waals surface area contributed by atoms with Gasteiger partial charge in [0.15, 0.2) is 0 Å². The lowest BCUT2D eigenvalue weighted by atomic mass is 10.1. The maximum absolute atomic E-state index is 12.0. The van der Waals surface area contributed by atoms with Gasteiger partial charge in [-0.05, 0) is 55.8 Å². The molecule has 0 fully saturated rings. The van der Waals surface area contributed by atoms with Gasteiger partial charge in [-0.1, -0.05) is 0 Å². The molecule has 0 saturated heterocycles. The van der Waals surface area contributed by atoms with E-state index >= 15 is 0 Å². The quantitative estimate of drug-likeness (QED) is 0.501. The number of ether oxygens (including phenoxy) is 1. The third kappa shape index (κ3) is 4.39. The van der Waals surface area contributed by atoms with Crippen LogP contribution in [0.1, 0.15) is 29.8 Å². The topological polar surface area (TPSA) is 93.8 Å². The van der Waals surface area contributed by atoms with Gasteiger partial charge in [0.2, 0.25) is 0 Å². The Morgan fingerprint density at radius 1 is 1.12 bits per heavy atom. The van der Waals surface area contributed by atoms with E-state index in [-0.39, 0.29) is 11.6 Å². The van der Waals surface area contributed by atoms with Crippen LogP contribution in [0.25, 0.3) is 0 Å². The Balaban J connectivity index is 2.02. The number of nitro groups is 1. The Hall–Kier alpha value is -3.22. The molecule has 0 atom stereocenters. The number of benzene rings is 2. The number of nitrogens with one attached hydrogen (secondary N) is 1. The van der Waals surface area contributed by atoms with Crippen molar-refractivity contribution in [2.75, 3.05) is 6.61 Å². The molecule has 2 aromatic carbocycles. The van der Waals surface area contributed by atoms with Crippen LogP contribution in [0, 0.1) is 10.1 Å². The molecule has 24 heavy (non-hydrogen) atoms. The normalized spacial score (nSPS) is 11.0. The Morgan fingerprint density at radius 2 is 1.71 bits per heavy atom. The molecule has 0 heterocycles. The molecule has 2 rings (SSSR count). The fraction of sp³-hybridized carbons (Fsp3) is 0.176. The van der Waals surface area contributed by atoms with E-state index in [1.165, 1.54) is 12.1 Å². The van der Waals surface area contributed by atoms with Crippen LogP contribution >= 0.6 is 0 Å². The van der Waals surface area contributed by atoms with Gasteiger partial charge in [0.1, 0.15) is 5.75 Å². The van der Waals surface area contributed by atoms with Gasteiger partial charge >= 0.3 is 0 Å². The van der Waals surface area contributed by atoms with Gasteiger partial charge < -0.3 is 4.74 Å². The molecule has 2 aromatic rings. The lowest BCUT2D eigenvalue weighted by molar-refractivity contribution is -0.384. The SMILES string of the molecule is CCOc1ccc(C(=O)N/N=C(\C)c2ccc([N+](=O)[O-])cc2)cc1. The summed E-state index contributed by atoms with van der Waals surface area (Å²) < 4.78 is 5.32. The van der Waals surface area contributed by atoms with Crippen LogP contribution in [-0.4, -0.2) is 23.1 Å². The second-order valence-corrected chi connectivity index (χ2v) is 4.90. The molecule has 1 N–H and O–H groups in total. The van der Waals surface area contributed by atoms with Gasteiger partial charge in [0.25, 0.3) is 11.6 Å². The lowest BCUT2D eigenvalue weighted by Crippen LogP contribution is -2.19. The second-order valence-electron chi connectivity index (χ2n) is 4.90. The highest BCUT2D eigenvalue weighted by molar-refractivity contribution is 6.01. The molecule has 7 nitrogen and oxygen atoms in total. The molecular weight excluding hydrogens is 310 g/mol. The van der Waals surface area contributed by atoms with E-state index in [1.807, 2.05) is 6.92 Å². The van der Waals surface area contributed by atoms with Crippen LogP contribution < -0.4 is 10.2 Å². The van der Waals surface area contributed by atoms with E-state index in [2.05, 4.69) is 10.5 Å². The summed E-state index contributed by atoms with van der Waals surface area (Å²) in [5.74, 6) is 0.346. The molecule has 0 spiro atoms. The molecule has 0 radical (unpaired) electrons. The first-order valence-corrected chi connectivity index (χ1v) is 7.33. The zero-order valence-corrected chi connectivity index (χ0v) is 13.4. The number of carbonyl (C=O) groups excluding carboxylic acids is 1. The molecule has 0 aliphatic heterocycles. The van der Waals surface area contributed by atoms with Crippen molar-refractivity contribution < 1.29 is 14.5 Å². The van der Waals surface area contributed by atoms with Crippen LogP contribution in [0.4, 0.5) is 5.69 Å². The molecule has 7 heteroatoms. The van der Waals surface area contributed by atoms with E-state index < -0.39 is 4.92 Å². The van der Waals surface area contributed by atoms with Gasteiger partial charge in [0, 0.05) is 17.7 Å². The average molecular weight is 327 g/mol. The number of hydrogen-bond donors (Lipinski definition) is 1. The van der Waals surface area contributed by atoms with Gasteiger partial charge in [-0.25, -0.2) is 5.43 Å². The molecule has 1 amide bonds. The van der Waals surface area contributed by atoms with Crippen molar-refractivity contribution >= 4 is 17.3 Å². The number of nitro benzene ring substituents is 1. The maximum atomic E-state index is 12.0. The highest BCUT2D eigenvalue weighted by atomic mass is 16.6. The fourth-order valence-electron chi connectivity index (χ4n) is 1.96. The summed E-state index contributed by atoms with van der Waals surface area (Å²) in [4.78, 5) is 22.2. The van der Waals surface area contributed by atoms with Crippen LogP contribution in [0.5, 0.6) is 5.75 Å². The number of rotatable bonds is 6. The highest BCUT2D eigenvalue weighted by Gasteiger charge is 2.07. The van der Waals surface area contributed by atoms with Gasteiger partial charge in [-0.15, -0.1) is 0 Å². The Kier molecular flexibility index (Phi) is 5.62. The number of hydrazone groups is 1. The zero-order chi connectivity index (χ0) is 17.5. The first-order valence-electron chi connectivity index (χ1n) is 7.33. The van der Waals surface area contributed by atoms with Crippen LogP contribution in [0.15, 0.2) is 53.6 Å². The van der Waals surface area contributed by atoms with Crippen molar-refractivity contribution in [3.8, 4) is 5.75 Å². The largest absolute Gasteiger partial charge is 0.494 e. The van der Waals surface area contributed by atoms with Gasteiger partial charge in [-0.2, -0.15) is 5.10 Å². The van der Waals surface area contributed by atoms with Crippen molar-refractivity contribution in [2.24, 2.45) is 5.10 Å². The van der Waals surface area contributed by atoms with Crippen molar-refractivity contribution in [3.05, 3.63) is 69.8 Å². The number of hydrogen-bond acceptors (Lipinski definition) is 5. The summed E-state index contributed by atoms with van der Waals surface area (Å²) in [5.41, 5.74) is 4.16. The van der Waals surface area contributed by atoms with E-state index in [9.17, 15) is 14.9 Å². The number of non-ortho nitro benzene ring substituents is 1. The van der Waals surface area contributed by atoms with E-state index in [1.54, 1.807) is 43.3 Å². The maximum Gasteiger partial charge on any atom is 0.271 e. The standard InChI is InChI=1S/C17H17N3O4/c1-3-24-16-10-6-14(7-11-16)17(21)19-18-12(2)13-4-8-15(9-5-13)20(22)23/h4-11H,3H2,1-2H3,(H,19,21)/b18-12+. The van der Waals surface area contributed by atoms with Crippen molar-refractivity contribution in [3.63, 3.8) is 0 Å². The van der Waals surface area contributed by atoms with Gasteiger partial charge in [-0.3, -0.25) is 14.9 Å². The molecule has 0 aliphatic rings. The van der Waals surface area contributed by atoms with Crippen LogP contribution in [0.3, 0.4) is 0 Å². The molecular formula is C17H17N3O4. The first kappa shape index (κ1) is 17.1. The third-order valence-electron chi connectivity index (χ3n) is 3.25. The van der Waals surface area contributed by atoms with E-state index in [0.717, 1.165) is 0 Å². The summed E-state index contributed by atoms with van der Waals surface area (Å²) in [7, 11) is 0. The van der Waals surface area contributed by atoms with Crippen molar-refractivity contribution in [1.82, 2.24) is 5.43 Å². The molecule has 0 aromatic heterocycles. The highest BCUT2D eigenvalue weighted by Crippen LogP contribution is 2.13. The second kappa shape index (κ2) is 7.87. The van der Waals surface area contributed by atoms with Crippen LogP contribution in [0.2, 0.25) is 0 Å². The first-order chi connectivity index (χ1) is 11.5. The fourth-order valence-corrected chi connectivity index (χ4v) is 1.96. The minimum atomic E-state index is -0.468. The summed E-state index contributed by atoms with van der Waals surface area (Å²) in [6.07, 6.45) is 0. The molecule has 124 valence electrons. The zero-order valence-electron chi connectivity index (χ0n) is 13.4. The number of carbonyl (C=O) groups is 1. The number of amides is 1. The minimum Gasteiger partial charge on any atom is -0.494 e. The number of nitrogens with zero attached hydrogens (tertiary/aromatic N) is 2. The predicted octanol–water partition coefficient (Wildman–Crippen LogP) is 3.15. The van der Waals surface area contributed by atoms with E-state index in [4.69, 9.17) is 4.74 Å². The Labute approximate surface area is 139 Å². The summed E-state index contributed by atoms with van der Waals surface area (Å²) in [6, 6.07) is 12.7. The summed E-state index contributed by atoms with van der Waals surface area (Å²) >= 11 is 0.